The Morgan fingerprint density at radius 1 is 1.50 bits per heavy atom. The van der Waals surface area contributed by atoms with Gasteiger partial charge in [-0.3, -0.25) is 4.90 Å². The van der Waals surface area contributed by atoms with Gasteiger partial charge in [-0.1, -0.05) is 12.1 Å². The highest BCUT2D eigenvalue weighted by atomic mass is 16.3. The van der Waals surface area contributed by atoms with Crippen molar-refractivity contribution < 1.29 is 5.11 Å². The zero-order valence-corrected chi connectivity index (χ0v) is 8.19. The minimum Gasteiger partial charge on any atom is -0.399 e. The molecule has 0 aliphatic carbocycles. The van der Waals surface area contributed by atoms with E-state index < -0.39 is 0 Å². The molecule has 0 spiro atoms. The number of rotatable bonds is 2. The molecule has 0 saturated carbocycles. The van der Waals surface area contributed by atoms with Gasteiger partial charge >= 0.3 is 0 Å². The summed E-state index contributed by atoms with van der Waals surface area (Å²) in [6.07, 6.45) is 0.749. The van der Waals surface area contributed by atoms with Crippen LogP contribution in [0.4, 0.5) is 5.69 Å². The summed E-state index contributed by atoms with van der Waals surface area (Å²) in [5, 5.41) is 9.37. The molecule has 1 aromatic carbocycles. The van der Waals surface area contributed by atoms with Gasteiger partial charge in [0.05, 0.1) is 6.10 Å². The molecule has 0 amide bonds. The molecule has 76 valence electrons. The Labute approximate surface area is 84.1 Å². The molecule has 1 heterocycles. The Balaban J connectivity index is 1.97. The van der Waals surface area contributed by atoms with Crippen molar-refractivity contribution in [3.8, 4) is 0 Å². The van der Waals surface area contributed by atoms with Crippen LogP contribution in [0.15, 0.2) is 24.3 Å². The molecule has 1 aliphatic rings. The number of anilines is 1. The summed E-state index contributed by atoms with van der Waals surface area (Å²) in [6, 6.07) is 7.92. The van der Waals surface area contributed by atoms with Crippen molar-refractivity contribution in [2.75, 3.05) is 18.8 Å². The summed E-state index contributed by atoms with van der Waals surface area (Å²) in [5.41, 5.74) is 7.72. The maximum Gasteiger partial charge on any atom is 0.0679 e. The van der Waals surface area contributed by atoms with Gasteiger partial charge in [0, 0.05) is 25.3 Å². The number of benzene rings is 1. The molecule has 0 unspecified atom stereocenters. The second kappa shape index (κ2) is 3.98. The second-order valence-electron chi connectivity index (χ2n) is 3.92. The van der Waals surface area contributed by atoms with Crippen molar-refractivity contribution in [2.45, 2.75) is 19.1 Å². The summed E-state index contributed by atoms with van der Waals surface area (Å²) in [5.74, 6) is 0. The van der Waals surface area contributed by atoms with Crippen LogP contribution < -0.4 is 5.73 Å². The van der Waals surface area contributed by atoms with Crippen molar-refractivity contribution in [3.63, 3.8) is 0 Å². The first-order valence-electron chi connectivity index (χ1n) is 4.99. The maximum atomic E-state index is 9.37. The quantitative estimate of drug-likeness (QED) is 0.682. The lowest BCUT2D eigenvalue weighted by Crippen LogP contribution is -2.21. The number of nitrogens with zero attached hydrogens (tertiary/aromatic N) is 1. The number of likely N-dealkylation sites (tertiary alicyclic amines) is 1. The van der Waals surface area contributed by atoms with Crippen LogP contribution >= 0.6 is 0 Å². The molecule has 1 saturated heterocycles. The van der Waals surface area contributed by atoms with Crippen molar-refractivity contribution >= 4 is 5.69 Å². The standard InChI is InChI=1S/C11H16N2O/c12-10-3-1-2-9(6-10)7-13-5-4-11(14)8-13/h1-3,6,11,14H,4-5,7-8,12H2/t11-/m1/s1. The van der Waals surface area contributed by atoms with Crippen LogP contribution in [0.25, 0.3) is 0 Å². The highest BCUT2D eigenvalue weighted by molar-refractivity contribution is 5.40. The van der Waals surface area contributed by atoms with Gasteiger partial charge in [0.1, 0.15) is 0 Å². The summed E-state index contributed by atoms with van der Waals surface area (Å²) >= 11 is 0. The Hall–Kier alpha value is -1.06. The Kier molecular flexibility index (Phi) is 2.70. The second-order valence-corrected chi connectivity index (χ2v) is 3.92. The van der Waals surface area contributed by atoms with Gasteiger partial charge in [-0.25, -0.2) is 0 Å². The van der Waals surface area contributed by atoms with Gasteiger partial charge < -0.3 is 10.8 Å². The predicted octanol–water partition coefficient (Wildman–Crippen LogP) is 0.835. The molecule has 1 aromatic rings. The van der Waals surface area contributed by atoms with Gasteiger partial charge in [-0.15, -0.1) is 0 Å². The average molecular weight is 192 g/mol. The third-order valence-corrected chi connectivity index (χ3v) is 2.60. The predicted molar refractivity (Wildman–Crippen MR) is 56.8 cm³/mol. The highest BCUT2D eigenvalue weighted by Gasteiger charge is 2.19. The minimum absolute atomic E-state index is 0.143. The van der Waals surface area contributed by atoms with Crippen LogP contribution in [-0.2, 0) is 6.54 Å². The normalized spacial score (nSPS) is 22.8. The molecule has 0 aromatic heterocycles. The van der Waals surface area contributed by atoms with Gasteiger partial charge in [0.2, 0.25) is 0 Å². The fourth-order valence-corrected chi connectivity index (χ4v) is 1.91. The number of hydrogen-bond acceptors (Lipinski definition) is 3. The van der Waals surface area contributed by atoms with Gasteiger partial charge in [0.15, 0.2) is 0 Å². The van der Waals surface area contributed by atoms with Crippen molar-refractivity contribution in [3.05, 3.63) is 29.8 Å². The number of nitrogen functional groups attached to an aromatic ring is 1. The summed E-state index contributed by atoms with van der Waals surface area (Å²) in [7, 11) is 0. The lowest BCUT2D eigenvalue weighted by Gasteiger charge is -2.14. The maximum absolute atomic E-state index is 9.37. The number of hydrogen-bond donors (Lipinski definition) is 2. The molecule has 3 heteroatoms. The monoisotopic (exact) mass is 192 g/mol. The largest absolute Gasteiger partial charge is 0.399 e. The van der Waals surface area contributed by atoms with E-state index in [-0.39, 0.29) is 6.10 Å². The van der Waals surface area contributed by atoms with Crippen LogP contribution in [0.2, 0.25) is 0 Å². The van der Waals surface area contributed by atoms with Gasteiger partial charge in [0.25, 0.3) is 0 Å². The number of aliphatic hydroxyl groups is 1. The summed E-state index contributed by atoms with van der Waals surface area (Å²) in [4.78, 5) is 2.25. The van der Waals surface area contributed by atoms with Crippen molar-refractivity contribution in [1.82, 2.24) is 4.90 Å². The highest BCUT2D eigenvalue weighted by Crippen LogP contribution is 2.14. The first-order valence-corrected chi connectivity index (χ1v) is 4.99. The van der Waals surface area contributed by atoms with E-state index in [1.54, 1.807) is 0 Å². The lowest BCUT2D eigenvalue weighted by molar-refractivity contribution is 0.175. The van der Waals surface area contributed by atoms with E-state index in [0.29, 0.717) is 0 Å². The molecule has 3 nitrogen and oxygen atoms in total. The van der Waals surface area contributed by atoms with E-state index in [1.807, 2.05) is 18.2 Å². The van der Waals surface area contributed by atoms with Gasteiger partial charge in [-0.2, -0.15) is 0 Å². The number of aliphatic hydroxyl groups excluding tert-OH is 1. The third-order valence-electron chi connectivity index (χ3n) is 2.60. The number of nitrogens with two attached hydrogens (primary N) is 1. The topological polar surface area (TPSA) is 49.5 Å². The van der Waals surface area contributed by atoms with Crippen LogP contribution in [0.1, 0.15) is 12.0 Å². The van der Waals surface area contributed by atoms with E-state index >= 15 is 0 Å². The number of β-amino-alcohol motifs (C(OH)–C–C–N with tert-alkyl or cyclic N) is 1. The molecule has 0 bridgehead atoms. The van der Waals surface area contributed by atoms with Crippen LogP contribution in [0, 0.1) is 0 Å². The van der Waals surface area contributed by atoms with Gasteiger partial charge in [-0.05, 0) is 24.1 Å². The lowest BCUT2D eigenvalue weighted by atomic mass is 10.2. The third kappa shape index (κ3) is 2.25. The molecule has 3 N–H and O–H groups in total. The summed E-state index contributed by atoms with van der Waals surface area (Å²) < 4.78 is 0. The van der Waals surface area contributed by atoms with Crippen LogP contribution in [-0.4, -0.2) is 29.2 Å². The van der Waals surface area contributed by atoms with E-state index in [0.717, 1.165) is 31.7 Å². The SMILES string of the molecule is Nc1cccc(CN2CC[C@@H](O)C2)c1. The zero-order valence-electron chi connectivity index (χ0n) is 8.19. The average Bonchev–Trinajstić information content (AvgIpc) is 2.51. The van der Waals surface area contributed by atoms with E-state index in [9.17, 15) is 5.11 Å². The first kappa shape index (κ1) is 9.49. The Morgan fingerprint density at radius 3 is 3.00 bits per heavy atom. The summed E-state index contributed by atoms with van der Waals surface area (Å²) in [6.45, 7) is 2.66. The minimum atomic E-state index is -0.143. The molecule has 0 radical (unpaired) electrons. The molecule has 1 atom stereocenters. The molecular formula is C11H16N2O. The van der Waals surface area contributed by atoms with Crippen molar-refractivity contribution in [1.29, 1.82) is 0 Å². The Morgan fingerprint density at radius 2 is 2.36 bits per heavy atom. The van der Waals surface area contributed by atoms with Crippen LogP contribution in [0.5, 0.6) is 0 Å². The smallest absolute Gasteiger partial charge is 0.0679 e. The molecule has 14 heavy (non-hydrogen) atoms. The molecule has 1 aliphatic heterocycles. The molecular weight excluding hydrogens is 176 g/mol. The van der Waals surface area contributed by atoms with Crippen molar-refractivity contribution in [2.24, 2.45) is 0 Å². The van der Waals surface area contributed by atoms with E-state index in [4.69, 9.17) is 5.73 Å². The molecule has 2 rings (SSSR count). The molecule has 1 fully saturated rings. The fraction of sp³-hybridized carbons (Fsp3) is 0.455. The van der Waals surface area contributed by atoms with E-state index in [1.165, 1.54) is 5.56 Å². The zero-order chi connectivity index (χ0) is 9.97. The van der Waals surface area contributed by atoms with E-state index in [2.05, 4.69) is 11.0 Å². The fourth-order valence-electron chi connectivity index (χ4n) is 1.91. The first-order chi connectivity index (χ1) is 6.74. The Bertz CT molecular complexity index is 314. The van der Waals surface area contributed by atoms with Crippen LogP contribution in [0.3, 0.4) is 0 Å².